The molecule has 2 aromatic rings. The van der Waals surface area contributed by atoms with Gasteiger partial charge in [-0.25, -0.2) is 0 Å². The minimum atomic E-state index is -4.62. The van der Waals surface area contributed by atoms with E-state index in [4.69, 9.17) is 18.0 Å². The first kappa shape index (κ1) is 29.4. The molecule has 0 bridgehead atoms. The lowest BCUT2D eigenvalue weighted by molar-refractivity contribution is -0.137. The molecular weight excluding hydrogens is 515 g/mol. The van der Waals surface area contributed by atoms with Crippen LogP contribution in [0, 0.1) is 6.92 Å². The first-order valence-electron chi connectivity index (χ1n) is 12.5. The number of aryl methyl sites for hydroxylation is 1. The lowest BCUT2D eigenvalue weighted by Gasteiger charge is -2.38. The molecule has 2 amide bonds. The minimum Gasteiger partial charge on any atom is -0.398 e. The number of anilines is 1. The Hall–Kier alpha value is -3.18. The van der Waals surface area contributed by atoms with Crippen molar-refractivity contribution >= 4 is 34.7 Å². The summed E-state index contributed by atoms with van der Waals surface area (Å²) in [6, 6.07) is 10.4. The summed E-state index contributed by atoms with van der Waals surface area (Å²) < 4.78 is 39.1. The van der Waals surface area contributed by atoms with E-state index in [-0.39, 0.29) is 35.4 Å². The third-order valence-electron chi connectivity index (χ3n) is 6.43. The molecule has 1 aliphatic carbocycles. The Bertz CT molecular complexity index is 1150. The monoisotopic (exact) mass is 549 g/mol. The molecule has 0 radical (unpaired) electrons. The first-order valence-corrected chi connectivity index (χ1v) is 12.9. The van der Waals surface area contributed by atoms with Crippen molar-refractivity contribution in [1.82, 2.24) is 21.3 Å². The van der Waals surface area contributed by atoms with Gasteiger partial charge in [-0.1, -0.05) is 55.9 Å². The molecule has 0 spiro atoms. The van der Waals surface area contributed by atoms with Crippen LogP contribution in [0.4, 0.5) is 18.9 Å². The van der Waals surface area contributed by atoms with Crippen LogP contribution in [0.15, 0.2) is 42.5 Å². The number of hydrogen-bond acceptors (Lipinski definition) is 5. The van der Waals surface area contributed by atoms with Crippen molar-refractivity contribution in [3.8, 4) is 0 Å². The zero-order valence-corrected chi connectivity index (χ0v) is 22.4. The number of nitrogens with one attached hydrogen (secondary N) is 4. The van der Waals surface area contributed by atoms with Crippen LogP contribution in [0.1, 0.15) is 60.2 Å². The normalized spacial score (nSPS) is 19.6. The number of hydrogen-bond donors (Lipinski definition) is 5. The summed E-state index contributed by atoms with van der Waals surface area (Å²) in [6.07, 6.45) is -2.33. The maximum atomic E-state index is 13.0. The van der Waals surface area contributed by atoms with Gasteiger partial charge >= 0.3 is 6.18 Å². The van der Waals surface area contributed by atoms with Gasteiger partial charge in [0.15, 0.2) is 0 Å². The predicted octanol–water partition coefficient (Wildman–Crippen LogP) is 3.70. The van der Waals surface area contributed by atoms with Crippen LogP contribution < -0.4 is 27.0 Å². The molecule has 206 valence electrons. The summed E-state index contributed by atoms with van der Waals surface area (Å²) in [4.78, 5) is 25.9. The van der Waals surface area contributed by atoms with E-state index in [1.54, 1.807) is 0 Å². The van der Waals surface area contributed by atoms with Crippen LogP contribution in [-0.2, 0) is 11.0 Å². The second-order valence-electron chi connectivity index (χ2n) is 9.93. The number of rotatable bonds is 8. The molecule has 0 heterocycles. The second kappa shape index (κ2) is 12.6. The van der Waals surface area contributed by atoms with E-state index < -0.39 is 30.1 Å². The molecule has 1 aliphatic rings. The lowest BCUT2D eigenvalue weighted by Crippen LogP contribution is -2.58. The Balaban J connectivity index is 1.65. The third kappa shape index (κ3) is 8.16. The standard InChI is InChI=1S/C27H34F3N5O2S/c1-15(2)33-19-9-11-22(35-26(38)17-6-4-16(3)5-7-17)23(13-19)34-24(36)14-32-25(37)20-12-18(27(28,29)30)8-10-21(20)31/h4-8,10,12,15,19,22-23,33H,9,11,13-14,31H2,1-3H3,(H,32,37)(H,34,36)(H,35,38). The van der Waals surface area contributed by atoms with Crippen molar-refractivity contribution in [3.63, 3.8) is 0 Å². The van der Waals surface area contributed by atoms with Crippen LogP contribution in [0.5, 0.6) is 0 Å². The van der Waals surface area contributed by atoms with Gasteiger partial charge in [-0.05, 0) is 44.4 Å². The van der Waals surface area contributed by atoms with E-state index in [0.717, 1.165) is 36.1 Å². The van der Waals surface area contributed by atoms with Crippen molar-refractivity contribution in [3.05, 3.63) is 64.7 Å². The van der Waals surface area contributed by atoms with E-state index in [1.807, 2.05) is 31.2 Å². The molecule has 6 N–H and O–H groups in total. The summed E-state index contributed by atoms with van der Waals surface area (Å²) in [5, 5.41) is 12.2. The molecule has 3 atom stereocenters. The van der Waals surface area contributed by atoms with Gasteiger partial charge in [0.05, 0.1) is 23.7 Å². The fourth-order valence-electron chi connectivity index (χ4n) is 4.53. The van der Waals surface area contributed by atoms with Crippen molar-refractivity contribution in [2.45, 2.75) is 70.4 Å². The highest BCUT2D eigenvalue weighted by molar-refractivity contribution is 7.80. The molecule has 0 saturated heterocycles. The number of alkyl halides is 3. The lowest BCUT2D eigenvalue weighted by atomic mass is 9.86. The summed E-state index contributed by atoms with van der Waals surface area (Å²) in [7, 11) is 0. The van der Waals surface area contributed by atoms with Gasteiger partial charge < -0.3 is 27.0 Å². The number of nitrogen functional groups attached to an aromatic ring is 1. The third-order valence-corrected chi connectivity index (χ3v) is 6.78. The van der Waals surface area contributed by atoms with Gasteiger partial charge in [0, 0.05) is 29.4 Å². The molecule has 38 heavy (non-hydrogen) atoms. The van der Waals surface area contributed by atoms with Crippen molar-refractivity contribution in [2.24, 2.45) is 0 Å². The van der Waals surface area contributed by atoms with Crippen molar-refractivity contribution < 1.29 is 22.8 Å². The Kier molecular flexibility index (Phi) is 9.72. The number of carbonyl (C=O) groups is 2. The summed E-state index contributed by atoms with van der Waals surface area (Å²) in [5.41, 5.74) is 6.26. The molecule has 2 aromatic carbocycles. The van der Waals surface area contributed by atoms with E-state index >= 15 is 0 Å². The topological polar surface area (TPSA) is 108 Å². The second-order valence-corrected chi connectivity index (χ2v) is 10.3. The van der Waals surface area contributed by atoms with Gasteiger partial charge in [-0.3, -0.25) is 9.59 Å². The molecule has 7 nitrogen and oxygen atoms in total. The number of amides is 2. The van der Waals surface area contributed by atoms with E-state index in [1.165, 1.54) is 0 Å². The van der Waals surface area contributed by atoms with E-state index in [9.17, 15) is 22.8 Å². The fourth-order valence-corrected chi connectivity index (χ4v) is 4.81. The van der Waals surface area contributed by atoms with Crippen LogP contribution in [0.25, 0.3) is 0 Å². The summed E-state index contributed by atoms with van der Waals surface area (Å²) in [6.45, 7) is 5.69. The fraction of sp³-hybridized carbons (Fsp3) is 0.444. The smallest absolute Gasteiger partial charge is 0.398 e. The Morgan fingerprint density at radius 3 is 2.37 bits per heavy atom. The van der Waals surface area contributed by atoms with Gasteiger partial charge in [-0.15, -0.1) is 0 Å². The number of thiocarbonyl (C=S) groups is 1. The molecule has 3 unspecified atom stereocenters. The van der Waals surface area contributed by atoms with Crippen molar-refractivity contribution in [2.75, 3.05) is 12.3 Å². The van der Waals surface area contributed by atoms with Crippen LogP contribution in [0.2, 0.25) is 0 Å². The maximum absolute atomic E-state index is 13.0. The SMILES string of the molecule is Cc1ccc(C(=S)NC2CCC(NC(C)C)CC2NC(=O)CNC(=O)c2cc(C(F)(F)F)ccc2N)cc1. The number of benzene rings is 2. The highest BCUT2D eigenvalue weighted by Gasteiger charge is 2.33. The molecule has 1 saturated carbocycles. The average Bonchev–Trinajstić information content (AvgIpc) is 2.83. The first-order chi connectivity index (χ1) is 17.8. The Labute approximate surface area is 226 Å². The van der Waals surface area contributed by atoms with Crippen LogP contribution in [0.3, 0.4) is 0 Å². The maximum Gasteiger partial charge on any atom is 0.416 e. The van der Waals surface area contributed by atoms with Gasteiger partial charge in [0.2, 0.25) is 5.91 Å². The summed E-state index contributed by atoms with van der Waals surface area (Å²) in [5.74, 6) is -1.32. The molecule has 3 rings (SSSR count). The molecular formula is C27H34F3N5O2S. The Morgan fingerprint density at radius 1 is 1.05 bits per heavy atom. The van der Waals surface area contributed by atoms with Crippen molar-refractivity contribution in [1.29, 1.82) is 0 Å². The quantitative estimate of drug-likeness (QED) is 0.254. The zero-order chi connectivity index (χ0) is 28.0. The van der Waals surface area contributed by atoms with Gasteiger partial charge in [0.1, 0.15) is 4.99 Å². The van der Waals surface area contributed by atoms with Gasteiger partial charge in [0.25, 0.3) is 5.91 Å². The predicted molar refractivity (Wildman–Crippen MR) is 146 cm³/mol. The zero-order valence-electron chi connectivity index (χ0n) is 21.6. The minimum absolute atomic E-state index is 0.111. The van der Waals surface area contributed by atoms with E-state index in [0.29, 0.717) is 17.5 Å². The summed E-state index contributed by atoms with van der Waals surface area (Å²) >= 11 is 5.61. The number of carbonyl (C=O) groups excluding carboxylic acids is 2. The van der Waals surface area contributed by atoms with E-state index in [2.05, 4.69) is 35.1 Å². The molecule has 11 heteroatoms. The van der Waals surface area contributed by atoms with Crippen LogP contribution >= 0.6 is 12.2 Å². The largest absolute Gasteiger partial charge is 0.416 e. The highest BCUT2D eigenvalue weighted by atomic mass is 32.1. The molecule has 0 aromatic heterocycles. The Morgan fingerprint density at radius 2 is 1.74 bits per heavy atom. The molecule has 1 fully saturated rings. The van der Waals surface area contributed by atoms with Crippen LogP contribution in [-0.4, -0.2) is 47.5 Å². The highest BCUT2D eigenvalue weighted by Crippen LogP contribution is 2.31. The number of halogens is 3. The average molecular weight is 550 g/mol. The van der Waals surface area contributed by atoms with Gasteiger partial charge in [-0.2, -0.15) is 13.2 Å². The molecule has 0 aliphatic heterocycles. The number of nitrogens with two attached hydrogens (primary N) is 1.